The van der Waals surface area contributed by atoms with E-state index in [4.69, 9.17) is 4.74 Å². The van der Waals surface area contributed by atoms with Crippen molar-refractivity contribution in [2.75, 3.05) is 18.5 Å². The van der Waals surface area contributed by atoms with Crippen molar-refractivity contribution in [2.45, 2.75) is 0 Å². The fourth-order valence-electron chi connectivity index (χ4n) is 0.957. The number of anilines is 1. The summed E-state index contributed by atoms with van der Waals surface area (Å²) in [5.74, 6) is 3.87. The van der Waals surface area contributed by atoms with Crippen molar-refractivity contribution in [2.24, 2.45) is 0 Å². The molecule has 0 saturated heterocycles. The van der Waals surface area contributed by atoms with Gasteiger partial charge in [-0.05, 0) is 30.1 Å². The molecule has 0 heterocycles. The van der Waals surface area contributed by atoms with Gasteiger partial charge in [-0.25, -0.2) is 4.21 Å². The van der Waals surface area contributed by atoms with Crippen LogP contribution in [-0.2, 0) is 9.99 Å². The lowest BCUT2D eigenvalue weighted by molar-refractivity contribution is 0.415. The topological polar surface area (TPSA) is 49.8 Å². The Kier molecular flexibility index (Phi) is 3.03. The Morgan fingerprint density at radius 2 is 1.93 bits per heavy atom. The minimum atomic E-state index is -3.18. The molecular weight excluding hydrogens is 202 g/mol. The zero-order valence-corrected chi connectivity index (χ0v) is 8.95. The van der Waals surface area contributed by atoms with Crippen molar-refractivity contribution in [3.8, 4) is 5.75 Å². The standard InChI is InChI=1S/C9H13NO3S/c1-10(14(3,11)12)8-4-6-9(13-2)7-5-8/h4-7H,3H2,1-2H3,(H,11,12). The molecule has 1 rings (SSSR count). The van der Waals surface area contributed by atoms with Gasteiger partial charge in [0.1, 0.15) is 5.75 Å². The van der Waals surface area contributed by atoms with Gasteiger partial charge in [0.25, 0.3) is 0 Å². The molecule has 0 spiro atoms. The monoisotopic (exact) mass is 215 g/mol. The van der Waals surface area contributed by atoms with Gasteiger partial charge in [0, 0.05) is 7.05 Å². The molecule has 14 heavy (non-hydrogen) atoms. The van der Waals surface area contributed by atoms with Crippen molar-refractivity contribution in [3.63, 3.8) is 0 Å². The Morgan fingerprint density at radius 3 is 2.29 bits per heavy atom. The van der Waals surface area contributed by atoms with Crippen LogP contribution >= 0.6 is 0 Å². The molecule has 0 fully saturated rings. The lowest BCUT2D eigenvalue weighted by Crippen LogP contribution is -2.24. The summed E-state index contributed by atoms with van der Waals surface area (Å²) < 4.78 is 26.5. The third-order valence-electron chi connectivity index (χ3n) is 1.86. The van der Waals surface area contributed by atoms with E-state index in [0.29, 0.717) is 11.4 Å². The Balaban J connectivity index is 2.98. The van der Waals surface area contributed by atoms with Crippen molar-refractivity contribution >= 4 is 21.5 Å². The second-order valence-electron chi connectivity index (χ2n) is 2.80. The van der Waals surface area contributed by atoms with Gasteiger partial charge in [0.2, 0.25) is 0 Å². The van der Waals surface area contributed by atoms with Crippen LogP contribution in [0.25, 0.3) is 0 Å². The first-order valence-electron chi connectivity index (χ1n) is 3.93. The van der Waals surface area contributed by atoms with Crippen LogP contribution in [0.3, 0.4) is 0 Å². The number of rotatable bonds is 3. The zero-order valence-electron chi connectivity index (χ0n) is 8.14. The third kappa shape index (κ3) is 2.40. The maximum atomic E-state index is 11.2. The minimum Gasteiger partial charge on any atom is -0.497 e. The van der Waals surface area contributed by atoms with Crippen molar-refractivity contribution in [3.05, 3.63) is 24.3 Å². The number of hydrogen-bond donors (Lipinski definition) is 1. The molecule has 0 radical (unpaired) electrons. The highest BCUT2D eigenvalue weighted by atomic mass is 32.2. The smallest absolute Gasteiger partial charge is 0.162 e. The Labute approximate surface area is 84.1 Å². The maximum Gasteiger partial charge on any atom is 0.162 e. The second kappa shape index (κ2) is 3.89. The first-order chi connectivity index (χ1) is 6.45. The Morgan fingerprint density at radius 1 is 1.43 bits per heavy atom. The fraction of sp³-hybridized carbons (Fsp3) is 0.222. The molecule has 0 aromatic heterocycles. The summed E-state index contributed by atoms with van der Waals surface area (Å²) in [5, 5.41) is 0. The van der Waals surface area contributed by atoms with Crippen LogP contribution in [0, 0.1) is 0 Å². The van der Waals surface area contributed by atoms with E-state index in [9.17, 15) is 8.76 Å². The quantitative estimate of drug-likeness (QED) is 0.772. The van der Waals surface area contributed by atoms with Crippen LogP contribution in [0.4, 0.5) is 5.69 Å². The van der Waals surface area contributed by atoms with E-state index in [0.717, 1.165) is 0 Å². The molecule has 5 heteroatoms. The maximum absolute atomic E-state index is 11.2. The van der Waals surface area contributed by atoms with Crippen molar-refractivity contribution < 1.29 is 13.5 Å². The van der Waals surface area contributed by atoms with Crippen LogP contribution in [0.1, 0.15) is 0 Å². The zero-order chi connectivity index (χ0) is 10.8. The van der Waals surface area contributed by atoms with Gasteiger partial charge < -0.3 is 4.74 Å². The Bertz CT molecular complexity index is 397. The number of benzene rings is 1. The van der Waals surface area contributed by atoms with Gasteiger partial charge in [0.05, 0.1) is 12.8 Å². The molecule has 4 nitrogen and oxygen atoms in total. The molecule has 1 N–H and O–H groups in total. The molecule has 78 valence electrons. The molecule has 0 saturated carbocycles. The van der Waals surface area contributed by atoms with Gasteiger partial charge in [0.15, 0.2) is 9.99 Å². The molecule has 1 aromatic carbocycles. The number of methoxy groups -OCH3 is 1. The van der Waals surface area contributed by atoms with Crippen molar-refractivity contribution in [1.82, 2.24) is 0 Å². The average Bonchev–Trinajstić information content (AvgIpc) is 2.15. The van der Waals surface area contributed by atoms with Gasteiger partial charge in [-0.1, -0.05) is 0 Å². The number of nitrogens with zero attached hydrogens (tertiary/aromatic N) is 1. The molecule has 0 aliphatic heterocycles. The highest BCUT2D eigenvalue weighted by Gasteiger charge is 2.07. The average molecular weight is 215 g/mol. The summed E-state index contributed by atoms with van der Waals surface area (Å²) in [7, 11) is -0.107. The highest BCUT2D eigenvalue weighted by Crippen LogP contribution is 2.19. The predicted molar refractivity (Wildman–Crippen MR) is 59.3 cm³/mol. The van der Waals surface area contributed by atoms with Crippen LogP contribution < -0.4 is 9.04 Å². The van der Waals surface area contributed by atoms with Gasteiger partial charge in [-0.2, -0.15) is 0 Å². The lowest BCUT2D eigenvalue weighted by atomic mass is 10.3. The molecule has 1 aromatic rings. The summed E-state index contributed by atoms with van der Waals surface area (Å²) >= 11 is 0. The molecule has 1 unspecified atom stereocenters. The summed E-state index contributed by atoms with van der Waals surface area (Å²) in [6, 6.07) is 6.83. The van der Waals surface area contributed by atoms with Gasteiger partial charge >= 0.3 is 0 Å². The predicted octanol–water partition coefficient (Wildman–Crippen LogP) is 1.24. The van der Waals surface area contributed by atoms with E-state index in [1.807, 2.05) is 0 Å². The SMILES string of the molecule is C=S(=O)(O)N(C)c1ccc(OC)cc1. The lowest BCUT2D eigenvalue weighted by Gasteiger charge is -2.19. The molecule has 0 aliphatic rings. The first kappa shape index (κ1) is 10.9. The highest BCUT2D eigenvalue weighted by molar-refractivity contribution is 7.96. The molecule has 0 aliphatic carbocycles. The van der Waals surface area contributed by atoms with Crippen LogP contribution in [0.5, 0.6) is 5.75 Å². The third-order valence-corrected chi connectivity index (χ3v) is 2.93. The van der Waals surface area contributed by atoms with E-state index in [-0.39, 0.29) is 0 Å². The number of hydrogen-bond acceptors (Lipinski definition) is 2. The van der Waals surface area contributed by atoms with Gasteiger partial charge in [-0.15, -0.1) is 0 Å². The van der Waals surface area contributed by atoms with E-state index in [2.05, 4.69) is 5.87 Å². The second-order valence-corrected chi connectivity index (χ2v) is 4.56. The van der Waals surface area contributed by atoms with Crippen LogP contribution in [-0.4, -0.2) is 28.8 Å². The summed E-state index contributed by atoms with van der Waals surface area (Å²) in [4.78, 5) is 0. The van der Waals surface area contributed by atoms with Gasteiger partial charge in [-0.3, -0.25) is 8.86 Å². The van der Waals surface area contributed by atoms with E-state index in [1.54, 1.807) is 31.4 Å². The molecule has 0 amide bonds. The Hall–Kier alpha value is -1.20. The molecule has 1 atom stereocenters. The van der Waals surface area contributed by atoms with Crippen molar-refractivity contribution in [1.29, 1.82) is 0 Å². The molecule has 0 bridgehead atoms. The van der Waals surface area contributed by atoms with Crippen LogP contribution in [0.2, 0.25) is 0 Å². The minimum absolute atomic E-state index is 0.619. The van der Waals surface area contributed by atoms with E-state index < -0.39 is 9.99 Å². The van der Waals surface area contributed by atoms with E-state index >= 15 is 0 Å². The summed E-state index contributed by atoms with van der Waals surface area (Å²) in [6.45, 7) is 0. The summed E-state index contributed by atoms with van der Waals surface area (Å²) in [6.07, 6.45) is 0. The van der Waals surface area contributed by atoms with E-state index in [1.165, 1.54) is 11.4 Å². The molecular formula is C9H13NO3S. The fourth-order valence-corrected chi connectivity index (χ4v) is 1.41. The normalized spacial score (nSPS) is 14.5. The number of ether oxygens (including phenoxy) is 1. The largest absolute Gasteiger partial charge is 0.497 e. The van der Waals surface area contributed by atoms with Crippen LogP contribution in [0.15, 0.2) is 24.3 Å². The summed E-state index contributed by atoms with van der Waals surface area (Å²) in [5.41, 5.74) is 0.619. The first-order valence-corrected chi connectivity index (χ1v) is 5.57.